The minimum atomic E-state index is 0.545. The van der Waals surface area contributed by atoms with Gasteiger partial charge in [-0.1, -0.05) is 0 Å². The molecular weight excluding hydrogens is 303 g/mol. The molecule has 2 heteroatoms. The number of thiophene rings is 1. The van der Waals surface area contributed by atoms with Gasteiger partial charge in [0.25, 0.3) is 0 Å². The van der Waals surface area contributed by atoms with Gasteiger partial charge >= 0.3 is 116 Å². The van der Waals surface area contributed by atoms with Gasteiger partial charge in [0.2, 0.25) is 0 Å². The Hall–Kier alpha value is -1.08. The molecule has 2 heterocycles. The SMILES string of the molecule is Cc1cc2cc3cc4[se]c(C)cc4cc3cc2s1. The van der Waals surface area contributed by atoms with E-state index in [-0.39, 0.29) is 0 Å². The molecule has 0 saturated heterocycles. The zero-order valence-corrected chi connectivity index (χ0v) is 12.8. The summed E-state index contributed by atoms with van der Waals surface area (Å²) in [6.07, 6.45) is 0. The van der Waals surface area contributed by atoms with Gasteiger partial charge in [0, 0.05) is 0 Å². The van der Waals surface area contributed by atoms with Gasteiger partial charge in [-0.05, 0) is 0 Å². The predicted molar refractivity (Wildman–Crippen MR) is 83.3 cm³/mol. The number of benzene rings is 2. The molecule has 18 heavy (non-hydrogen) atoms. The molecule has 4 aromatic rings. The molecule has 0 N–H and O–H groups in total. The van der Waals surface area contributed by atoms with Crippen LogP contribution in [0.25, 0.3) is 30.5 Å². The molecule has 0 aliphatic carbocycles. The fourth-order valence-corrected chi connectivity index (χ4v) is 5.55. The summed E-state index contributed by atoms with van der Waals surface area (Å²) >= 11 is 2.43. The summed E-state index contributed by atoms with van der Waals surface area (Å²) in [6.45, 7) is 4.43. The van der Waals surface area contributed by atoms with E-state index in [1.54, 1.807) is 4.26 Å². The number of fused-ring (bicyclic) bond motifs is 3. The first-order valence-electron chi connectivity index (χ1n) is 6.03. The number of rotatable bonds is 0. The van der Waals surface area contributed by atoms with Gasteiger partial charge in [0.1, 0.15) is 0 Å². The first-order valence-corrected chi connectivity index (χ1v) is 8.56. The van der Waals surface area contributed by atoms with E-state index in [9.17, 15) is 0 Å². The van der Waals surface area contributed by atoms with Gasteiger partial charge in [0.15, 0.2) is 0 Å². The van der Waals surface area contributed by atoms with E-state index in [2.05, 4.69) is 50.2 Å². The van der Waals surface area contributed by atoms with Crippen LogP contribution < -0.4 is 0 Å². The maximum absolute atomic E-state index is 2.39. The van der Waals surface area contributed by atoms with Gasteiger partial charge in [0.05, 0.1) is 0 Å². The molecule has 0 nitrogen and oxygen atoms in total. The third-order valence-corrected chi connectivity index (χ3v) is 6.50. The van der Waals surface area contributed by atoms with Crippen molar-refractivity contribution in [3.05, 3.63) is 45.7 Å². The molecule has 0 atom stereocenters. The topological polar surface area (TPSA) is 0 Å². The first-order chi connectivity index (χ1) is 8.69. The Morgan fingerprint density at radius 2 is 1.56 bits per heavy atom. The van der Waals surface area contributed by atoms with Crippen LogP contribution in [-0.2, 0) is 0 Å². The van der Waals surface area contributed by atoms with E-state index >= 15 is 0 Å². The Bertz CT molecular complexity index is 754. The fourth-order valence-electron chi connectivity index (χ4n) is 2.59. The molecule has 0 fully saturated rings. The molecule has 2 aromatic heterocycles. The summed E-state index contributed by atoms with van der Waals surface area (Å²) in [5.41, 5.74) is 0. The molecule has 2 aromatic carbocycles. The van der Waals surface area contributed by atoms with Crippen LogP contribution >= 0.6 is 11.3 Å². The van der Waals surface area contributed by atoms with Crippen LogP contribution in [0, 0.1) is 13.8 Å². The second-order valence-corrected chi connectivity index (χ2v) is 8.83. The van der Waals surface area contributed by atoms with E-state index in [1.165, 1.54) is 35.6 Å². The summed E-state index contributed by atoms with van der Waals surface area (Å²) in [7, 11) is 0. The first kappa shape index (κ1) is 10.8. The second-order valence-electron chi connectivity index (χ2n) is 4.84. The molecular formula is C16H12SSe. The van der Waals surface area contributed by atoms with E-state index in [4.69, 9.17) is 0 Å². The Morgan fingerprint density at radius 1 is 0.778 bits per heavy atom. The van der Waals surface area contributed by atoms with E-state index in [1.807, 2.05) is 11.3 Å². The normalized spacial score (nSPS) is 11.9. The van der Waals surface area contributed by atoms with Crippen LogP contribution in [0.3, 0.4) is 0 Å². The Balaban J connectivity index is 2.17. The zero-order valence-electron chi connectivity index (χ0n) is 10.3. The van der Waals surface area contributed by atoms with Crippen LogP contribution in [0.5, 0.6) is 0 Å². The van der Waals surface area contributed by atoms with Gasteiger partial charge in [-0.2, -0.15) is 0 Å². The van der Waals surface area contributed by atoms with Crippen LogP contribution in [0.2, 0.25) is 0 Å². The van der Waals surface area contributed by atoms with Crippen molar-refractivity contribution in [2.24, 2.45) is 0 Å². The van der Waals surface area contributed by atoms with Crippen molar-refractivity contribution in [2.75, 3.05) is 0 Å². The van der Waals surface area contributed by atoms with Gasteiger partial charge in [-0.15, -0.1) is 0 Å². The van der Waals surface area contributed by atoms with Crippen LogP contribution in [0.4, 0.5) is 0 Å². The molecule has 4 rings (SSSR count). The quantitative estimate of drug-likeness (QED) is 0.406. The van der Waals surface area contributed by atoms with Crippen LogP contribution in [0.1, 0.15) is 9.31 Å². The van der Waals surface area contributed by atoms with Crippen molar-refractivity contribution in [3.8, 4) is 0 Å². The molecule has 0 saturated carbocycles. The monoisotopic (exact) mass is 316 g/mol. The molecule has 0 bridgehead atoms. The second kappa shape index (κ2) is 3.71. The van der Waals surface area contributed by atoms with Crippen LogP contribution in [0.15, 0.2) is 36.4 Å². The summed E-state index contributed by atoms with van der Waals surface area (Å²) in [6, 6.07) is 14.1. The van der Waals surface area contributed by atoms with Crippen molar-refractivity contribution in [2.45, 2.75) is 13.8 Å². The molecule has 0 aliphatic rings. The van der Waals surface area contributed by atoms with Crippen molar-refractivity contribution < 1.29 is 0 Å². The van der Waals surface area contributed by atoms with Gasteiger partial charge < -0.3 is 0 Å². The number of aryl methyl sites for hydroxylation is 2. The third kappa shape index (κ3) is 1.57. The maximum atomic E-state index is 2.39. The van der Waals surface area contributed by atoms with E-state index in [0.717, 1.165) is 0 Å². The summed E-state index contributed by atoms with van der Waals surface area (Å²) in [5, 5.41) is 5.60. The number of hydrogen-bond donors (Lipinski definition) is 0. The van der Waals surface area contributed by atoms with Crippen molar-refractivity contribution in [1.29, 1.82) is 0 Å². The Kier molecular flexibility index (Phi) is 2.23. The Labute approximate surface area is 116 Å². The zero-order chi connectivity index (χ0) is 12.3. The molecule has 88 valence electrons. The molecule has 0 aliphatic heterocycles. The van der Waals surface area contributed by atoms with E-state index in [0.29, 0.717) is 14.5 Å². The summed E-state index contributed by atoms with van der Waals surface area (Å²) < 4.78 is 4.48. The summed E-state index contributed by atoms with van der Waals surface area (Å²) in [5.74, 6) is 0. The average Bonchev–Trinajstić information content (AvgIpc) is 2.82. The van der Waals surface area contributed by atoms with Crippen molar-refractivity contribution in [1.82, 2.24) is 0 Å². The van der Waals surface area contributed by atoms with Gasteiger partial charge in [-0.3, -0.25) is 0 Å². The Morgan fingerprint density at radius 3 is 2.44 bits per heavy atom. The predicted octanol–water partition coefficient (Wildman–Crippen LogP) is 4.88. The van der Waals surface area contributed by atoms with E-state index < -0.39 is 0 Å². The van der Waals surface area contributed by atoms with Crippen LogP contribution in [-0.4, -0.2) is 14.5 Å². The molecule has 0 unspecified atom stereocenters. The van der Waals surface area contributed by atoms with Crippen molar-refractivity contribution >= 4 is 56.3 Å². The summed E-state index contributed by atoms with van der Waals surface area (Å²) in [4.78, 5) is 1.40. The van der Waals surface area contributed by atoms with Crippen molar-refractivity contribution in [3.63, 3.8) is 0 Å². The third-order valence-electron chi connectivity index (χ3n) is 3.36. The fraction of sp³-hybridized carbons (Fsp3) is 0.125. The van der Waals surface area contributed by atoms with Gasteiger partial charge in [-0.25, -0.2) is 0 Å². The molecule has 0 radical (unpaired) electrons. The standard InChI is InChI=1S/C16H12SSe/c1-9-3-13-5-12-8-16-14(4-10(2)18-16)6-11(12)7-15(13)17-9/h3-8H,1-2H3. The molecule has 0 spiro atoms. The molecule has 0 amide bonds. The minimum absolute atomic E-state index is 0.545. The average molecular weight is 315 g/mol. The number of hydrogen-bond acceptors (Lipinski definition) is 1.